The van der Waals surface area contributed by atoms with E-state index >= 15 is 0 Å². The lowest BCUT2D eigenvalue weighted by Gasteiger charge is -2.17. The first-order chi connectivity index (χ1) is 5.55. The van der Waals surface area contributed by atoms with E-state index in [0.29, 0.717) is 6.42 Å². The number of nitrogens with zero attached hydrogens (tertiary/aromatic N) is 2. The normalized spacial score (nSPS) is 23.4. The van der Waals surface area contributed by atoms with Gasteiger partial charge in [-0.3, -0.25) is 4.99 Å². The first-order valence-electron chi connectivity index (χ1n) is 3.65. The Balaban J connectivity index is 2.84. The molecule has 0 aliphatic carbocycles. The standard InChI is InChI=1S/C7H12N2O2S/c1-9(2)12(10,11)7-4-3-5-8-6-7/h3,5-7H,4H2,1-2H3. The minimum atomic E-state index is -3.17. The molecule has 0 radical (unpaired) electrons. The summed E-state index contributed by atoms with van der Waals surface area (Å²) in [6.07, 6.45) is 5.35. The van der Waals surface area contributed by atoms with Gasteiger partial charge in [-0.1, -0.05) is 6.08 Å². The molecule has 0 aromatic heterocycles. The Labute approximate surface area is 72.6 Å². The van der Waals surface area contributed by atoms with Gasteiger partial charge in [0.1, 0.15) is 5.25 Å². The minimum absolute atomic E-state index is 0.488. The van der Waals surface area contributed by atoms with Gasteiger partial charge >= 0.3 is 0 Å². The van der Waals surface area contributed by atoms with E-state index in [4.69, 9.17) is 0 Å². The molecular formula is C7H12N2O2S. The van der Waals surface area contributed by atoms with Crippen molar-refractivity contribution in [1.82, 2.24) is 4.31 Å². The summed E-state index contributed by atoms with van der Waals surface area (Å²) in [7, 11) is -0.109. The third kappa shape index (κ3) is 1.73. The molecule has 0 aromatic rings. The number of allylic oxidation sites excluding steroid dienone is 1. The monoisotopic (exact) mass is 188 g/mol. The summed E-state index contributed by atoms with van der Waals surface area (Å²) in [6.45, 7) is 0. The molecule has 1 aliphatic heterocycles. The Kier molecular flexibility index (Phi) is 2.64. The van der Waals surface area contributed by atoms with Crippen LogP contribution in [0.15, 0.2) is 17.3 Å². The molecule has 0 amide bonds. The topological polar surface area (TPSA) is 49.7 Å². The Morgan fingerprint density at radius 2 is 2.17 bits per heavy atom. The van der Waals surface area contributed by atoms with E-state index in [1.54, 1.807) is 12.3 Å². The maximum absolute atomic E-state index is 11.5. The van der Waals surface area contributed by atoms with Gasteiger partial charge in [0, 0.05) is 26.5 Å². The van der Waals surface area contributed by atoms with Gasteiger partial charge in [0.05, 0.1) is 0 Å². The van der Waals surface area contributed by atoms with Crippen LogP contribution in [0.2, 0.25) is 0 Å². The third-order valence-electron chi connectivity index (χ3n) is 1.70. The Hall–Kier alpha value is -0.680. The van der Waals surface area contributed by atoms with E-state index in [0.717, 1.165) is 0 Å². The molecular weight excluding hydrogens is 176 g/mol. The van der Waals surface area contributed by atoms with Crippen LogP contribution in [0, 0.1) is 0 Å². The second-order valence-corrected chi connectivity index (χ2v) is 5.15. The average Bonchev–Trinajstić information content (AvgIpc) is 2.06. The zero-order valence-electron chi connectivity index (χ0n) is 7.14. The van der Waals surface area contributed by atoms with Crippen LogP contribution in [0.3, 0.4) is 0 Å². The number of aliphatic imine (C=N–C) groups is 1. The molecule has 4 nitrogen and oxygen atoms in total. The van der Waals surface area contributed by atoms with Gasteiger partial charge in [-0.15, -0.1) is 0 Å². The van der Waals surface area contributed by atoms with Crippen molar-refractivity contribution >= 4 is 16.2 Å². The molecule has 1 aliphatic rings. The highest BCUT2D eigenvalue weighted by Gasteiger charge is 2.25. The van der Waals surface area contributed by atoms with E-state index in [2.05, 4.69) is 4.99 Å². The van der Waals surface area contributed by atoms with Crippen molar-refractivity contribution in [3.8, 4) is 0 Å². The molecule has 5 heteroatoms. The first kappa shape index (κ1) is 9.41. The van der Waals surface area contributed by atoms with Crippen molar-refractivity contribution in [2.75, 3.05) is 14.1 Å². The second kappa shape index (κ2) is 3.37. The number of hydrogen-bond donors (Lipinski definition) is 0. The highest BCUT2D eigenvalue weighted by atomic mass is 32.2. The van der Waals surface area contributed by atoms with Crippen molar-refractivity contribution < 1.29 is 8.42 Å². The smallest absolute Gasteiger partial charge is 0.221 e. The molecule has 0 spiro atoms. The summed E-state index contributed by atoms with van der Waals surface area (Å²) >= 11 is 0. The van der Waals surface area contributed by atoms with Crippen LogP contribution in [0.1, 0.15) is 6.42 Å². The fraction of sp³-hybridized carbons (Fsp3) is 0.571. The van der Waals surface area contributed by atoms with Crippen LogP contribution >= 0.6 is 0 Å². The molecule has 0 saturated heterocycles. The fourth-order valence-electron chi connectivity index (χ4n) is 0.932. The van der Waals surface area contributed by atoms with Gasteiger partial charge in [0.2, 0.25) is 10.0 Å². The number of rotatable bonds is 2. The van der Waals surface area contributed by atoms with Crippen LogP contribution in [-0.2, 0) is 10.0 Å². The Morgan fingerprint density at radius 1 is 1.50 bits per heavy atom. The van der Waals surface area contributed by atoms with E-state index < -0.39 is 15.3 Å². The van der Waals surface area contributed by atoms with Crippen LogP contribution in [0.5, 0.6) is 0 Å². The molecule has 1 atom stereocenters. The zero-order chi connectivity index (χ0) is 9.19. The third-order valence-corrected chi connectivity index (χ3v) is 3.80. The first-order valence-corrected chi connectivity index (χ1v) is 5.15. The highest BCUT2D eigenvalue weighted by molar-refractivity contribution is 7.90. The van der Waals surface area contributed by atoms with E-state index in [1.165, 1.54) is 24.6 Å². The lowest BCUT2D eigenvalue weighted by atomic mass is 10.3. The molecule has 0 bridgehead atoms. The summed E-state index contributed by atoms with van der Waals surface area (Å²) < 4.78 is 24.2. The summed E-state index contributed by atoms with van der Waals surface area (Å²) in [6, 6.07) is 0. The van der Waals surface area contributed by atoms with Gasteiger partial charge in [-0.2, -0.15) is 0 Å². The second-order valence-electron chi connectivity index (χ2n) is 2.78. The summed E-state index contributed by atoms with van der Waals surface area (Å²) in [5, 5.41) is -0.488. The molecule has 1 heterocycles. The van der Waals surface area contributed by atoms with E-state index in [1.807, 2.05) is 0 Å². The van der Waals surface area contributed by atoms with E-state index in [-0.39, 0.29) is 0 Å². The molecule has 1 unspecified atom stereocenters. The van der Waals surface area contributed by atoms with Crippen molar-refractivity contribution in [3.05, 3.63) is 12.3 Å². The SMILES string of the molecule is CN(C)S(=O)(=O)C1C=NC=CC1. The Bertz CT molecular complexity index is 303. The molecule has 0 fully saturated rings. The van der Waals surface area contributed by atoms with Crippen LogP contribution in [0.25, 0.3) is 0 Å². The molecule has 1 rings (SSSR count). The zero-order valence-corrected chi connectivity index (χ0v) is 7.95. The highest BCUT2D eigenvalue weighted by Crippen LogP contribution is 2.11. The molecule has 0 N–H and O–H groups in total. The lowest BCUT2D eigenvalue weighted by Crippen LogP contribution is -2.34. The van der Waals surface area contributed by atoms with Crippen LogP contribution in [-0.4, -0.2) is 38.3 Å². The van der Waals surface area contributed by atoms with Crippen molar-refractivity contribution in [1.29, 1.82) is 0 Å². The summed E-state index contributed by atoms with van der Waals surface area (Å²) in [5.74, 6) is 0. The van der Waals surface area contributed by atoms with Crippen molar-refractivity contribution in [2.24, 2.45) is 4.99 Å². The van der Waals surface area contributed by atoms with Gasteiger partial charge in [0.25, 0.3) is 0 Å². The van der Waals surface area contributed by atoms with Gasteiger partial charge in [0.15, 0.2) is 0 Å². The average molecular weight is 188 g/mol. The maximum Gasteiger partial charge on any atom is 0.221 e. The maximum atomic E-state index is 11.5. The predicted octanol–water partition coefficient (Wildman–Crippen LogP) is 0.235. The molecule has 0 saturated carbocycles. The molecule has 12 heavy (non-hydrogen) atoms. The quantitative estimate of drug-likeness (QED) is 0.623. The number of sulfonamides is 1. The fourth-order valence-corrected chi connectivity index (χ4v) is 2.05. The summed E-state index contributed by atoms with van der Waals surface area (Å²) in [4.78, 5) is 3.80. The van der Waals surface area contributed by atoms with Crippen molar-refractivity contribution in [2.45, 2.75) is 11.7 Å². The van der Waals surface area contributed by atoms with Crippen LogP contribution in [0.4, 0.5) is 0 Å². The van der Waals surface area contributed by atoms with Gasteiger partial charge in [-0.05, 0) is 6.42 Å². The lowest BCUT2D eigenvalue weighted by molar-refractivity contribution is 0.515. The number of hydrogen-bond acceptors (Lipinski definition) is 3. The molecule has 68 valence electrons. The Morgan fingerprint density at radius 3 is 2.58 bits per heavy atom. The molecule has 0 aromatic carbocycles. The minimum Gasteiger partial charge on any atom is -0.268 e. The van der Waals surface area contributed by atoms with Crippen LogP contribution < -0.4 is 0 Å². The predicted molar refractivity (Wildman–Crippen MR) is 48.6 cm³/mol. The van der Waals surface area contributed by atoms with Gasteiger partial charge in [-0.25, -0.2) is 12.7 Å². The van der Waals surface area contributed by atoms with E-state index in [9.17, 15) is 8.42 Å². The van der Waals surface area contributed by atoms with Gasteiger partial charge < -0.3 is 0 Å². The van der Waals surface area contributed by atoms with Crippen molar-refractivity contribution in [3.63, 3.8) is 0 Å². The largest absolute Gasteiger partial charge is 0.268 e. The summed E-state index contributed by atoms with van der Waals surface area (Å²) in [5.41, 5.74) is 0.